The summed E-state index contributed by atoms with van der Waals surface area (Å²) in [5.41, 5.74) is 3.32. The third kappa shape index (κ3) is 3.85. The van der Waals surface area contributed by atoms with E-state index in [0.717, 1.165) is 38.3 Å². The Bertz CT molecular complexity index is 622. The van der Waals surface area contributed by atoms with Gasteiger partial charge in [0.25, 0.3) is 0 Å². The van der Waals surface area contributed by atoms with Crippen molar-refractivity contribution in [2.75, 3.05) is 10.7 Å². The zero-order valence-electron chi connectivity index (χ0n) is 11.7. The van der Waals surface area contributed by atoms with Crippen LogP contribution in [0.2, 0.25) is 10.0 Å². The van der Waals surface area contributed by atoms with E-state index >= 15 is 0 Å². The monoisotopic (exact) mass is 448 g/mol. The average molecular weight is 451 g/mol. The third-order valence-electron chi connectivity index (χ3n) is 3.69. The van der Waals surface area contributed by atoms with Crippen LogP contribution in [0.4, 0.5) is 0 Å². The Balaban J connectivity index is 2.46. The van der Waals surface area contributed by atoms with Crippen molar-refractivity contribution in [3.63, 3.8) is 0 Å². The summed E-state index contributed by atoms with van der Waals surface area (Å²) >= 11 is 20.2. The van der Waals surface area contributed by atoms with Gasteiger partial charge in [-0.15, -0.1) is 0 Å². The van der Waals surface area contributed by atoms with Crippen LogP contribution in [0.1, 0.15) is 16.7 Å². The highest BCUT2D eigenvalue weighted by Gasteiger charge is 2.32. The first kappa shape index (κ1) is 17.3. The van der Waals surface area contributed by atoms with Gasteiger partial charge in [0.1, 0.15) is 0 Å². The van der Waals surface area contributed by atoms with Gasteiger partial charge in [-0.25, -0.2) is 0 Å². The van der Waals surface area contributed by atoms with Crippen LogP contribution < -0.4 is 0 Å². The fourth-order valence-electron chi connectivity index (χ4n) is 2.42. The Labute approximate surface area is 153 Å². The summed E-state index contributed by atoms with van der Waals surface area (Å²) < 4.78 is 0. The molecule has 4 heteroatoms. The molecule has 0 aliphatic heterocycles. The third-order valence-corrected chi connectivity index (χ3v) is 6.52. The van der Waals surface area contributed by atoms with Gasteiger partial charge in [-0.3, -0.25) is 0 Å². The van der Waals surface area contributed by atoms with Crippen LogP contribution in [0, 0.1) is 6.92 Å². The van der Waals surface area contributed by atoms with Gasteiger partial charge < -0.3 is 0 Å². The minimum absolute atomic E-state index is 0.128. The number of hydrogen-bond acceptors (Lipinski definition) is 0. The van der Waals surface area contributed by atoms with Crippen molar-refractivity contribution in [2.45, 2.75) is 18.8 Å². The highest BCUT2D eigenvalue weighted by molar-refractivity contribution is 9.09. The molecule has 0 unspecified atom stereocenters. The molecule has 0 aliphatic rings. The molecule has 2 aromatic carbocycles. The molecule has 0 radical (unpaired) electrons. The molecule has 0 spiro atoms. The molecule has 0 aliphatic carbocycles. The quantitative estimate of drug-likeness (QED) is 0.452. The minimum Gasteiger partial charge on any atom is -0.0918 e. The average Bonchev–Trinajstić information content (AvgIpc) is 2.48. The van der Waals surface area contributed by atoms with Gasteiger partial charge in [0.2, 0.25) is 0 Å². The lowest BCUT2D eigenvalue weighted by atomic mass is 9.79. The summed E-state index contributed by atoms with van der Waals surface area (Å²) in [5, 5.41) is 3.21. The highest BCUT2D eigenvalue weighted by Crippen LogP contribution is 2.38. The SMILES string of the molecule is Cc1ccc(CC(CBr)(CBr)c2ccccc2Cl)c(Cl)c1. The van der Waals surface area contributed by atoms with Crippen molar-refractivity contribution >= 4 is 55.1 Å². The molecule has 0 saturated heterocycles. The summed E-state index contributed by atoms with van der Waals surface area (Å²) in [6.45, 7) is 2.05. The fraction of sp³-hybridized carbons (Fsp3) is 0.294. The number of halogens is 4. The van der Waals surface area contributed by atoms with Gasteiger partial charge in [-0.1, -0.05) is 85.4 Å². The summed E-state index contributed by atoms with van der Waals surface area (Å²) in [4.78, 5) is 0. The highest BCUT2D eigenvalue weighted by atomic mass is 79.9. The number of hydrogen-bond donors (Lipinski definition) is 0. The van der Waals surface area contributed by atoms with Crippen LogP contribution in [0.15, 0.2) is 42.5 Å². The van der Waals surface area contributed by atoms with E-state index in [0.29, 0.717) is 0 Å². The molecule has 0 amide bonds. The largest absolute Gasteiger partial charge is 0.0918 e. The summed E-state index contributed by atoms with van der Waals surface area (Å²) in [5.74, 6) is 0. The zero-order valence-corrected chi connectivity index (χ0v) is 16.4. The Morgan fingerprint density at radius 3 is 2.19 bits per heavy atom. The second-order valence-corrected chi connectivity index (χ2v) is 7.23. The maximum Gasteiger partial charge on any atom is 0.0444 e. The van der Waals surface area contributed by atoms with Gasteiger partial charge in [0.05, 0.1) is 0 Å². The predicted octanol–water partition coefficient (Wildman–Crippen LogP) is 6.57. The van der Waals surface area contributed by atoms with Gasteiger partial charge >= 0.3 is 0 Å². The van der Waals surface area contributed by atoms with E-state index in [4.69, 9.17) is 23.2 Å². The van der Waals surface area contributed by atoms with Crippen molar-refractivity contribution in [1.29, 1.82) is 0 Å². The lowest BCUT2D eigenvalue weighted by Gasteiger charge is -2.32. The Morgan fingerprint density at radius 1 is 0.952 bits per heavy atom. The maximum absolute atomic E-state index is 6.42. The normalized spacial score (nSPS) is 11.7. The minimum atomic E-state index is -0.128. The molecule has 0 N–H and O–H groups in total. The molecule has 0 fully saturated rings. The first-order valence-electron chi connectivity index (χ1n) is 6.64. The van der Waals surface area contributed by atoms with Crippen LogP contribution in [0.3, 0.4) is 0 Å². The zero-order chi connectivity index (χ0) is 15.5. The van der Waals surface area contributed by atoms with E-state index in [1.807, 2.05) is 31.2 Å². The molecule has 0 nitrogen and oxygen atoms in total. The lowest BCUT2D eigenvalue weighted by molar-refractivity contribution is 0.551. The standard InChI is InChI=1S/C17H16Br2Cl2/c1-12-6-7-13(16(21)8-12)9-17(10-18,11-19)14-4-2-3-5-15(14)20/h2-8H,9-11H2,1H3. The number of alkyl halides is 2. The number of aryl methyl sites for hydroxylation is 1. The van der Waals surface area contributed by atoms with Crippen molar-refractivity contribution in [3.05, 3.63) is 69.2 Å². The molecule has 2 rings (SSSR count). The molecule has 112 valence electrons. The lowest BCUT2D eigenvalue weighted by Crippen LogP contribution is -2.33. The van der Waals surface area contributed by atoms with E-state index in [9.17, 15) is 0 Å². The first-order valence-corrected chi connectivity index (χ1v) is 9.64. The first-order chi connectivity index (χ1) is 10.0. The van der Waals surface area contributed by atoms with E-state index in [1.165, 1.54) is 5.56 Å². The smallest absolute Gasteiger partial charge is 0.0444 e. The van der Waals surface area contributed by atoms with Crippen LogP contribution in [-0.4, -0.2) is 10.7 Å². The van der Waals surface area contributed by atoms with E-state index in [-0.39, 0.29) is 5.41 Å². The molecule has 0 atom stereocenters. The van der Waals surface area contributed by atoms with E-state index in [1.54, 1.807) is 0 Å². The van der Waals surface area contributed by atoms with E-state index in [2.05, 4.69) is 50.1 Å². The second kappa shape index (κ2) is 7.50. The van der Waals surface area contributed by atoms with Gasteiger partial charge in [0, 0.05) is 26.1 Å². The Kier molecular flexibility index (Phi) is 6.19. The molecule has 2 aromatic rings. The topological polar surface area (TPSA) is 0 Å². The molecule has 0 aromatic heterocycles. The molecule has 21 heavy (non-hydrogen) atoms. The van der Waals surface area contributed by atoms with Crippen LogP contribution in [-0.2, 0) is 11.8 Å². The van der Waals surface area contributed by atoms with Crippen molar-refractivity contribution in [1.82, 2.24) is 0 Å². The predicted molar refractivity (Wildman–Crippen MR) is 101 cm³/mol. The van der Waals surface area contributed by atoms with E-state index < -0.39 is 0 Å². The number of benzene rings is 2. The summed E-state index contributed by atoms with van der Waals surface area (Å²) in [6, 6.07) is 14.2. The summed E-state index contributed by atoms with van der Waals surface area (Å²) in [7, 11) is 0. The van der Waals surface area contributed by atoms with Crippen LogP contribution in [0.25, 0.3) is 0 Å². The fourth-order valence-corrected chi connectivity index (χ4v) is 4.99. The van der Waals surface area contributed by atoms with Crippen LogP contribution in [0.5, 0.6) is 0 Å². The summed E-state index contributed by atoms with van der Waals surface area (Å²) in [6.07, 6.45) is 0.826. The van der Waals surface area contributed by atoms with Crippen molar-refractivity contribution in [3.8, 4) is 0 Å². The molecule has 0 bridgehead atoms. The molecule has 0 saturated carbocycles. The van der Waals surface area contributed by atoms with Gasteiger partial charge in [-0.05, 0) is 42.2 Å². The van der Waals surface area contributed by atoms with Crippen molar-refractivity contribution < 1.29 is 0 Å². The van der Waals surface area contributed by atoms with Gasteiger partial charge in [0.15, 0.2) is 0 Å². The Hall–Kier alpha value is -0.0200. The Morgan fingerprint density at radius 2 is 1.62 bits per heavy atom. The molecular formula is C17H16Br2Cl2. The van der Waals surface area contributed by atoms with Gasteiger partial charge in [-0.2, -0.15) is 0 Å². The second-order valence-electron chi connectivity index (χ2n) is 5.30. The molecule has 0 heterocycles. The maximum atomic E-state index is 6.42. The molecular weight excluding hydrogens is 435 g/mol. The van der Waals surface area contributed by atoms with Crippen LogP contribution >= 0.6 is 55.1 Å². The van der Waals surface area contributed by atoms with Crippen molar-refractivity contribution in [2.24, 2.45) is 0 Å². The number of rotatable bonds is 5.